The second-order valence-corrected chi connectivity index (χ2v) is 6.71. The minimum absolute atomic E-state index is 0.0754. The van der Waals surface area contributed by atoms with E-state index in [1.807, 2.05) is 50.4 Å². The van der Waals surface area contributed by atoms with Gasteiger partial charge in [-0.05, 0) is 30.7 Å². The number of hydrogen-bond acceptors (Lipinski definition) is 2. The van der Waals surface area contributed by atoms with Gasteiger partial charge in [-0.3, -0.25) is 4.79 Å². The van der Waals surface area contributed by atoms with E-state index in [9.17, 15) is 4.79 Å². The van der Waals surface area contributed by atoms with Crippen LogP contribution in [0, 0.1) is 6.92 Å². The average molecular weight is 340 g/mol. The first-order chi connectivity index (χ1) is 11.6. The maximum atomic E-state index is 12.6. The molecule has 122 valence electrons. The molecule has 2 heterocycles. The topological polar surface area (TPSA) is 38.1 Å². The number of benzene rings is 2. The summed E-state index contributed by atoms with van der Waals surface area (Å²) in [5, 5.41) is 0.650. The van der Waals surface area contributed by atoms with E-state index in [-0.39, 0.29) is 11.8 Å². The van der Waals surface area contributed by atoms with Gasteiger partial charge < -0.3 is 9.47 Å². The van der Waals surface area contributed by atoms with Gasteiger partial charge in [0.25, 0.3) is 0 Å². The van der Waals surface area contributed by atoms with E-state index >= 15 is 0 Å². The standard InChI is InChI=1S/C19H18ClN3O/c1-12-6-5-9-16(18(12)20)23-11-13(10-17(23)24)19-21-14-7-3-4-8-15(14)22(19)2/h3-9,13H,10-11H2,1-2H3. The summed E-state index contributed by atoms with van der Waals surface area (Å²) >= 11 is 6.41. The zero-order chi connectivity index (χ0) is 16.8. The van der Waals surface area contributed by atoms with Crippen molar-refractivity contribution in [2.75, 3.05) is 11.4 Å². The summed E-state index contributed by atoms with van der Waals surface area (Å²) in [5.74, 6) is 1.13. The molecular formula is C19H18ClN3O. The number of para-hydroxylation sites is 2. The molecular weight excluding hydrogens is 322 g/mol. The Bertz CT molecular complexity index is 947. The average Bonchev–Trinajstić information content (AvgIpc) is 3.11. The predicted molar refractivity (Wildman–Crippen MR) is 96.6 cm³/mol. The summed E-state index contributed by atoms with van der Waals surface area (Å²) < 4.78 is 2.09. The number of carbonyl (C=O) groups is 1. The smallest absolute Gasteiger partial charge is 0.227 e. The third kappa shape index (κ3) is 2.29. The number of carbonyl (C=O) groups excluding carboxylic acids is 1. The highest BCUT2D eigenvalue weighted by Gasteiger charge is 2.35. The molecule has 1 aliphatic heterocycles. The molecule has 0 bridgehead atoms. The lowest BCUT2D eigenvalue weighted by Crippen LogP contribution is -2.25. The molecule has 1 aliphatic rings. The van der Waals surface area contributed by atoms with Crippen LogP contribution in [-0.4, -0.2) is 22.0 Å². The van der Waals surface area contributed by atoms with E-state index in [2.05, 4.69) is 10.6 Å². The first-order valence-corrected chi connectivity index (χ1v) is 8.41. The van der Waals surface area contributed by atoms with E-state index in [1.165, 1.54) is 0 Å². The first-order valence-electron chi connectivity index (χ1n) is 8.03. The normalized spacial score (nSPS) is 17.9. The summed E-state index contributed by atoms with van der Waals surface area (Å²) in [4.78, 5) is 19.1. The van der Waals surface area contributed by atoms with Gasteiger partial charge in [-0.15, -0.1) is 0 Å². The van der Waals surface area contributed by atoms with Gasteiger partial charge in [0.1, 0.15) is 5.82 Å². The van der Waals surface area contributed by atoms with E-state index in [4.69, 9.17) is 16.6 Å². The minimum Gasteiger partial charge on any atom is -0.331 e. The minimum atomic E-state index is 0.0754. The van der Waals surface area contributed by atoms with Crippen molar-refractivity contribution in [1.29, 1.82) is 0 Å². The largest absolute Gasteiger partial charge is 0.331 e. The fourth-order valence-electron chi connectivity index (χ4n) is 3.48. The van der Waals surface area contributed by atoms with Gasteiger partial charge in [0, 0.05) is 25.9 Å². The Kier molecular flexibility index (Phi) is 3.57. The summed E-state index contributed by atoms with van der Waals surface area (Å²) in [7, 11) is 2.01. The zero-order valence-electron chi connectivity index (χ0n) is 13.7. The van der Waals surface area contributed by atoms with Gasteiger partial charge in [-0.2, -0.15) is 0 Å². The molecule has 1 aromatic heterocycles. The molecule has 3 aromatic rings. The number of aryl methyl sites for hydroxylation is 2. The zero-order valence-corrected chi connectivity index (χ0v) is 14.4. The van der Waals surface area contributed by atoms with Crippen LogP contribution < -0.4 is 4.90 Å². The summed E-state index contributed by atoms with van der Waals surface area (Å²) in [6.07, 6.45) is 0.460. The van der Waals surface area contributed by atoms with Crippen molar-refractivity contribution in [2.45, 2.75) is 19.3 Å². The van der Waals surface area contributed by atoms with Crippen LogP contribution in [-0.2, 0) is 11.8 Å². The number of anilines is 1. The van der Waals surface area contributed by atoms with Crippen molar-refractivity contribution < 1.29 is 4.79 Å². The van der Waals surface area contributed by atoms with Crippen molar-refractivity contribution in [3.8, 4) is 0 Å². The Morgan fingerprint density at radius 1 is 1.17 bits per heavy atom. The molecule has 2 aromatic carbocycles. The van der Waals surface area contributed by atoms with Gasteiger partial charge >= 0.3 is 0 Å². The van der Waals surface area contributed by atoms with Crippen LogP contribution in [0.25, 0.3) is 11.0 Å². The van der Waals surface area contributed by atoms with E-state index in [0.29, 0.717) is 18.0 Å². The van der Waals surface area contributed by atoms with Gasteiger partial charge in [-0.1, -0.05) is 35.9 Å². The molecule has 0 radical (unpaired) electrons. The number of aromatic nitrogens is 2. The van der Waals surface area contributed by atoms with Crippen molar-refractivity contribution in [2.24, 2.45) is 7.05 Å². The Labute approximate surface area is 145 Å². The van der Waals surface area contributed by atoms with Crippen LogP contribution in [0.3, 0.4) is 0 Å². The molecule has 5 heteroatoms. The Hall–Kier alpha value is -2.33. The lowest BCUT2D eigenvalue weighted by atomic mass is 10.1. The molecule has 0 aliphatic carbocycles. The van der Waals surface area contributed by atoms with Crippen molar-refractivity contribution >= 4 is 34.2 Å². The Morgan fingerprint density at radius 3 is 2.75 bits per heavy atom. The monoisotopic (exact) mass is 339 g/mol. The fourth-order valence-corrected chi connectivity index (χ4v) is 3.71. The molecule has 1 atom stereocenters. The highest BCUT2D eigenvalue weighted by molar-refractivity contribution is 6.34. The third-order valence-electron chi connectivity index (χ3n) is 4.77. The third-order valence-corrected chi connectivity index (χ3v) is 5.27. The highest BCUT2D eigenvalue weighted by Crippen LogP contribution is 2.36. The maximum absolute atomic E-state index is 12.6. The summed E-state index contributed by atoms with van der Waals surface area (Å²) in [6, 6.07) is 13.8. The fraction of sp³-hybridized carbons (Fsp3) is 0.263. The molecule has 1 unspecified atom stereocenters. The Morgan fingerprint density at radius 2 is 1.96 bits per heavy atom. The number of rotatable bonds is 2. The molecule has 1 saturated heterocycles. The molecule has 4 rings (SSSR count). The van der Waals surface area contributed by atoms with Crippen LogP contribution in [0.15, 0.2) is 42.5 Å². The molecule has 24 heavy (non-hydrogen) atoms. The van der Waals surface area contributed by atoms with E-state index < -0.39 is 0 Å². The van der Waals surface area contributed by atoms with Gasteiger partial charge in [0.2, 0.25) is 5.91 Å². The number of halogens is 1. The molecule has 0 spiro atoms. The second-order valence-electron chi connectivity index (χ2n) is 6.33. The van der Waals surface area contributed by atoms with Crippen LogP contribution >= 0.6 is 11.6 Å². The van der Waals surface area contributed by atoms with E-state index in [1.54, 1.807) is 4.90 Å². The van der Waals surface area contributed by atoms with Crippen LogP contribution in [0.2, 0.25) is 5.02 Å². The molecule has 0 saturated carbocycles. The van der Waals surface area contributed by atoms with Crippen LogP contribution in [0.1, 0.15) is 23.7 Å². The van der Waals surface area contributed by atoms with Crippen molar-refractivity contribution in [3.63, 3.8) is 0 Å². The highest BCUT2D eigenvalue weighted by atomic mass is 35.5. The van der Waals surface area contributed by atoms with Crippen molar-refractivity contribution in [3.05, 3.63) is 58.9 Å². The lowest BCUT2D eigenvalue weighted by molar-refractivity contribution is -0.117. The Balaban J connectivity index is 1.71. The molecule has 0 N–H and O–H groups in total. The van der Waals surface area contributed by atoms with Gasteiger partial charge in [0.05, 0.1) is 21.7 Å². The molecule has 4 nitrogen and oxygen atoms in total. The summed E-state index contributed by atoms with van der Waals surface area (Å²) in [5.41, 5.74) is 3.83. The maximum Gasteiger partial charge on any atom is 0.227 e. The van der Waals surface area contributed by atoms with Gasteiger partial charge in [-0.25, -0.2) is 4.98 Å². The molecule has 1 fully saturated rings. The lowest BCUT2D eigenvalue weighted by Gasteiger charge is -2.19. The van der Waals surface area contributed by atoms with Crippen LogP contribution in [0.5, 0.6) is 0 Å². The van der Waals surface area contributed by atoms with Gasteiger partial charge in [0.15, 0.2) is 0 Å². The quantitative estimate of drug-likeness (QED) is 0.706. The number of nitrogens with zero attached hydrogens (tertiary/aromatic N) is 3. The predicted octanol–water partition coefficient (Wildman–Crippen LogP) is 4.06. The second kappa shape index (κ2) is 5.64. The van der Waals surface area contributed by atoms with E-state index in [0.717, 1.165) is 28.1 Å². The molecule has 1 amide bonds. The summed E-state index contributed by atoms with van der Waals surface area (Å²) in [6.45, 7) is 2.56. The van der Waals surface area contributed by atoms with Crippen LogP contribution in [0.4, 0.5) is 5.69 Å². The number of fused-ring (bicyclic) bond motifs is 1. The number of imidazole rings is 1. The SMILES string of the molecule is Cc1cccc(N2CC(c3nc4ccccc4n3C)CC2=O)c1Cl. The first kappa shape index (κ1) is 15.2. The van der Waals surface area contributed by atoms with Crippen molar-refractivity contribution in [1.82, 2.24) is 9.55 Å². The number of hydrogen-bond donors (Lipinski definition) is 0. The number of amides is 1.